The lowest BCUT2D eigenvalue weighted by Gasteiger charge is -2.08. The highest BCUT2D eigenvalue weighted by atomic mass is 35.5. The highest BCUT2D eigenvalue weighted by molar-refractivity contribution is 6.74. The highest BCUT2D eigenvalue weighted by Gasteiger charge is 2.87. The van der Waals surface area contributed by atoms with Crippen molar-refractivity contribution in [2.24, 2.45) is 0 Å². The number of rotatable bonds is 1. The van der Waals surface area contributed by atoms with E-state index in [0.717, 1.165) is 0 Å². The summed E-state index contributed by atoms with van der Waals surface area (Å²) in [6.07, 6.45) is 0. The topological polar surface area (TPSA) is 0 Å². The molecule has 0 saturated heterocycles. The summed E-state index contributed by atoms with van der Waals surface area (Å²) in [7, 11) is 0. The molecule has 0 heterocycles. The second-order valence-electron chi connectivity index (χ2n) is 3.10. The van der Waals surface area contributed by atoms with Gasteiger partial charge in [-0.2, -0.15) is 0 Å². The average Bonchev–Trinajstić information content (AvgIpc) is 2.47. The van der Waals surface area contributed by atoms with Crippen molar-refractivity contribution in [3.63, 3.8) is 0 Å². The van der Waals surface area contributed by atoms with Crippen LogP contribution in [0.5, 0.6) is 0 Å². The molecule has 1 saturated carbocycles. The maximum Gasteiger partial charge on any atom is 0.179 e. The van der Waals surface area contributed by atoms with Crippen molar-refractivity contribution in [2.75, 3.05) is 0 Å². The van der Waals surface area contributed by atoms with E-state index in [1.807, 2.05) is 0 Å². The zero-order valence-electron chi connectivity index (χ0n) is 6.70. The summed E-state index contributed by atoms with van der Waals surface area (Å²) < 4.78 is -2.74. The molecule has 1 fully saturated rings. The van der Waals surface area contributed by atoms with Crippen LogP contribution in [0.1, 0.15) is 5.56 Å². The van der Waals surface area contributed by atoms with Gasteiger partial charge in [0.05, 0.1) is 0 Å². The Bertz CT molecular complexity index is 343. The molecule has 2 rings (SSSR count). The van der Waals surface area contributed by atoms with Crippen LogP contribution in [0.3, 0.4) is 0 Å². The van der Waals surface area contributed by atoms with Gasteiger partial charge in [-0.1, -0.05) is 70.7 Å². The summed E-state index contributed by atoms with van der Waals surface area (Å²) in [5.41, 5.74) is 0.688. The lowest BCUT2D eigenvalue weighted by molar-refractivity contribution is 0.980. The Kier molecular flexibility index (Phi) is 2.46. The van der Waals surface area contributed by atoms with E-state index in [4.69, 9.17) is 58.0 Å². The standard InChI is InChI=1S/C9H4Cl5/c10-7(6-4-2-1-3-5-6)8(11,12)9(7,13)14/h2-5H. The summed E-state index contributed by atoms with van der Waals surface area (Å²) in [5, 5.41) is 0. The van der Waals surface area contributed by atoms with Gasteiger partial charge in [-0.15, -0.1) is 11.6 Å². The van der Waals surface area contributed by atoms with Crippen LogP contribution in [0, 0.1) is 6.07 Å². The molecule has 1 aromatic carbocycles. The maximum atomic E-state index is 6.21. The SMILES string of the molecule is ClC1(Cl)C(Cl)(Cl)C1(Cl)c1cc[c]cc1. The third kappa shape index (κ3) is 1.10. The van der Waals surface area contributed by atoms with Crippen LogP contribution in [0.2, 0.25) is 0 Å². The third-order valence-corrected chi connectivity index (χ3v) is 6.14. The highest BCUT2D eigenvalue weighted by Crippen LogP contribution is 2.79. The zero-order valence-corrected chi connectivity index (χ0v) is 10.5. The fourth-order valence-corrected chi connectivity index (χ4v) is 3.50. The fourth-order valence-electron chi connectivity index (χ4n) is 1.37. The van der Waals surface area contributed by atoms with Crippen LogP contribution < -0.4 is 0 Å². The van der Waals surface area contributed by atoms with Crippen LogP contribution in [-0.2, 0) is 4.87 Å². The molecule has 0 nitrogen and oxygen atoms in total. The second kappa shape index (κ2) is 3.09. The summed E-state index contributed by atoms with van der Waals surface area (Å²) in [4.78, 5) is -1.15. The molecule has 0 bridgehead atoms. The lowest BCUT2D eigenvalue weighted by atomic mass is 10.1. The van der Waals surface area contributed by atoms with Crippen molar-refractivity contribution in [1.29, 1.82) is 0 Å². The Morgan fingerprint density at radius 2 is 1.29 bits per heavy atom. The maximum absolute atomic E-state index is 6.21. The van der Waals surface area contributed by atoms with Crippen LogP contribution in [-0.4, -0.2) is 8.67 Å². The molecule has 1 radical (unpaired) electrons. The van der Waals surface area contributed by atoms with E-state index in [-0.39, 0.29) is 0 Å². The fraction of sp³-hybridized carbons (Fsp3) is 0.333. The van der Waals surface area contributed by atoms with Gasteiger partial charge in [0.2, 0.25) is 0 Å². The largest absolute Gasteiger partial charge is 0.179 e. The monoisotopic (exact) mass is 287 g/mol. The Labute approximate surface area is 107 Å². The van der Waals surface area contributed by atoms with Crippen molar-refractivity contribution in [2.45, 2.75) is 13.5 Å². The van der Waals surface area contributed by atoms with E-state index in [9.17, 15) is 0 Å². The van der Waals surface area contributed by atoms with Gasteiger partial charge in [0, 0.05) is 0 Å². The molecule has 0 amide bonds. The first kappa shape index (κ1) is 11.2. The van der Waals surface area contributed by atoms with E-state index in [0.29, 0.717) is 5.56 Å². The Hall–Kier alpha value is 0.670. The van der Waals surface area contributed by atoms with Crippen LogP contribution in [0.4, 0.5) is 0 Å². The van der Waals surface area contributed by atoms with E-state index >= 15 is 0 Å². The number of halogens is 5. The molecule has 0 spiro atoms. The number of alkyl halides is 5. The molecular formula is C9H4Cl5. The molecule has 75 valence electrons. The summed E-state index contributed by atoms with van der Waals surface area (Å²) >= 11 is 29.9. The molecule has 14 heavy (non-hydrogen) atoms. The molecule has 1 aromatic rings. The Morgan fingerprint density at radius 1 is 0.857 bits per heavy atom. The van der Waals surface area contributed by atoms with Gasteiger partial charge in [0.15, 0.2) is 8.67 Å². The molecule has 1 aliphatic carbocycles. The van der Waals surface area contributed by atoms with Gasteiger partial charge < -0.3 is 0 Å². The normalized spacial score (nSPS) is 25.8. The van der Waals surface area contributed by atoms with E-state index in [1.54, 1.807) is 24.3 Å². The van der Waals surface area contributed by atoms with Crippen LogP contribution in [0.15, 0.2) is 24.3 Å². The first-order valence-corrected chi connectivity index (χ1v) is 5.66. The lowest BCUT2D eigenvalue weighted by Crippen LogP contribution is -2.07. The predicted molar refractivity (Wildman–Crippen MR) is 61.7 cm³/mol. The van der Waals surface area contributed by atoms with E-state index in [2.05, 4.69) is 6.07 Å². The molecule has 0 aromatic heterocycles. The third-order valence-electron chi connectivity index (χ3n) is 2.31. The summed E-state index contributed by atoms with van der Waals surface area (Å²) in [6, 6.07) is 9.73. The van der Waals surface area contributed by atoms with Crippen molar-refractivity contribution in [3.05, 3.63) is 35.9 Å². The minimum atomic E-state index is -1.37. The number of hydrogen-bond acceptors (Lipinski definition) is 0. The van der Waals surface area contributed by atoms with Crippen molar-refractivity contribution in [3.8, 4) is 0 Å². The van der Waals surface area contributed by atoms with Crippen LogP contribution >= 0.6 is 58.0 Å². The minimum absolute atomic E-state index is 0.688. The molecule has 1 aliphatic rings. The smallest absolute Gasteiger partial charge is 0.107 e. The minimum Gasteiger partial charge on any atom is -0.107 e. The molecule has 5 heteroatoms. The van der Waals surface area contributed by atoms with Gasteiger partial charge in [0.1, 0.15) is 4.87 Å². The zero-order chi connectivity index (χ0) is 10.6. The Balaban J connectivity index is 2.48. The van der Waals surface area contributed by atoms with Crippen molar-refractivity contribution in [1.82, 2.24) is 0 Å². The van der Waals surface area contributed by atoms with Gasteiger partial charge in [-0.3, -0.25) is 0 Å². The van der Waals surface area contributed by atoms with Crippen molar-refractivity contribution < 1.29 is 0 Å². The predicted octanol–water partition coefficient (Wildman–Crippen LogP) is 4.28. The second-order valence-corrected chi connectivity index (χ2v) is 6.32. The summed E-state index contributed by atoms with van der Waals surface area (Å²) in [5.74, 6) is 0. The summed E-state index contributed by atoms with van der Waals surface area (Å²) in [6.45, 7) is 0. The van der Waals surface area contributed by atoms with Gasteiger partial charge >= 0.3 is 0 Å². The first-order valence-electron chi connectivity index (χ1n) is 3.77. The van der Waals surface area contributed by atoms with Gasteiger partial charge in [-0.25, -0.2) is 0 Å². The quantitative estimate of drug-likeness (QED) is 0.677. The molecular weight excluding hydrogens is 285 g/mol. The molecule has 0 aliphatic heterocycles. The number of hydrogen-bond donors (Lipinski definition) is 0. The first-order chi connectivity index (χ1) is 6.36. The van der Waals surface area contributed by atoms with Crippen molar-refractivity contribution >= 4 is 58.0 Å². The van der Waals surface area contributed by atoms with Crippen LogP contribution in [0.25, 0.3) is 0 Å². The average molecular weight is 289 g/mol. The number of benzene rings is 1. The molecule has 0 atom stereocenters. The van der Waals surface area contributed by atoms with E-state index < -0.39 is 13.5 Å². The Morgan fingerprint density at radius 3 is 1.64 bits per heavy atom. The molecule has 0 unspecified atom stereocenters. The van der Waals surface area contributed by atoms with Gasteiger partial charge in [0.25, 0.3) is 0 Å². The molecule has 0 N–H and O–H groups in total. The van der Waals surface area contributed by atoms with E-state index in [1.165, 1.54) is 0 Å². The van der Waals surface area contributed by atoms with Gasteiger partial charge in [-0.05, 0) is 11.6 Å².